The van der Waals surface area contributed by atoms with E-state index in [0.29, 0.717) is 12.1 Å². The highest BCUT2D eigenvalue weighted by atomic mass is 16.5. The van der Waals surface area contributed by atoms with Gasteiger partial charge in [0, 0.05) is 43.8 Å². The van der Waals surface area contributed by atoms with Crippen LogP contribution in [0.3, 0.4) is 0 Å². The van der Waals surface area contributed by atoms with Crippen molar-refractivity contribution >= 4 is 23.1 Å². The van der Waals surface area contributed by atoms with E-state index in [4.69, 9.17) is 4.74 Å². The monoisotopic (exact) mass is 380 g/mol. The van der Waals surface area contributed by atoms with Crippen LogP contribution in [0.2, 0.25) is 0 Å². The van der Waals surface area contributed by atoms with Gasteiger partial charge in [0.25, 0.3) is 5.91 Å². The number of carbonyl (C=O) groups is 1. The van der Waals surface area contributed by atoms with Crippen LogP contribution in [-0.2, 0) is 4.74 Å². The normalized spacial score (nSPS) is 19.4. The van der Waals surface area contributed by atoms with Crippen molar-refractivity contribution in [1.29, 1.82) is 0 Å². The molecule has 2 saturated heterocycles. The van der Waals surface area contributed by atoms with Crippen LogP contribution < -0.4 is 15.5 Å². The lowest BCUT2D eigenvalue weighted by Crippen LogP contribution is -2.31. The number of hydrogen-bond acceptors (Lipinski definition) is 5. The number of rotatable bonds is 6. The van der Waals surface area contributed by atoms with Crippen LogP contribution in [0.5, 0.6) is 0 Å². The van der Waals surface area contributed by atoms with Crippen LogP contribution in [0.4, 0.5) is 17.2 Å². The summed E-state index contributed by atoms with van der Waals surface area (Å²) in [5.41, 5.74) is 2.82. The smallest absolute Gasteiger partial charge is 0.252 e. The summed E-state index contributed by atoms with van der Waals surface area (Å²) in [5.74, 6) is 0.613. The van der Waals surface area contributed by atoms with E-state index >= 15 is 0 Å². The predicted molar refractivity (Wildman–Crippen MR) is 111 cm³/mol. The van der Waals surface area contributed by atoms with E-state index in [1.165, 1.54) is 24.9 Å². The topological polar surface area (TPSA) is 66.5 Å². The highest BCUT2D eigenvalue weighted by Crippen LogP contribution is 2.23. The van der Waals surface area contributed by atoms with Gasteiger partial charge in [-0.25, -0.2) is 4.98 Å². The summed E-state index contributed by atoms with van der Waals surface area (Å²) in [6.07, 6.45) is 7.72. The molecule has 2 N–H and O–H groups in total. The van der Waals surface area contributed by atoms with Crippen molar-refractivity contribution in [2.24, 2.45) is 0 Å². The van der Waals surface area contributed by atoms with Gasteiger partial charge >= 0.3 is 0 Å². The molecular formula is C22H28N4O2. The van der Waals surface area contributed by atoms with Crippen LogP contribution in [0.1, 0.15) is 42.5 Å². The van der Waals surface area contributed by atoms with E-state index in [2.05, 4.69) is 44.8 Å². The Balaban J connectivity index is 1.30. The predicted octanol–water partition coefficient (Wildman–Crippen LogP) is 3.72. The second kappa shape index (κ2) is 9.06. The summed E-state index contributed by atoms with van der Waals surface area (Å²) in [6, 6.07) is 12.1. The van der Waals surface area contributed by atoms with E-state index in [0.717, 1.165) is 44.0 Å². The number of anilines is 3. The Hall–Kier alpha value is -2.60. The number of piperidine rings is 1. The molecule has 2 fully saturated rings. The largest absolute Gasteiger partial charge is 0.376 e. The highest BCUT2D eigenvalue weighted by Gasteiger charge is 2.17. The molecule has 28 heavy (non-hydrogen) atoms. The molecule has 6 heteroatoms. The van der Waals surface area contributed by atoms with Crippen molar-refractivity contribution in [3.63, 3.8) is 0 Å². The molecule has 1 amide bonds. The summed E-state index contributed by atoms with van der Waals surface area (Å²) >= 11 is 0. The van der Waals surface area contributed by atoms with Crippen molar-refractivity contribution in [2.45, 2.75) is 38.2 Å². The molecule has 148 valence electrons. The van der Waals surface area contributed by atoms with Crippen molar-refractivity contribution in [3.05, 3.63) is 48.2 Å². The van der Waals surface area contributed by atoms with Crippen molar-refractivity contribution in [1.82, 2.24) is 10.3 Å². The number of amides is 1. The zero-order valence-electron chi connectivity index (χ0n) is 16.2. The van der Waals surface area contributed by atoms with Crippen molar-refractivity contribution < 1.29 is 9.53 Å². The third-order valence-corrected chi connectivity index (χ3v) is 5.40. The Bertz CT molecular complexity index is 764. The van der Waals surface area contributed by atoms with E-state index in [-0.39, 0.29) is 12.0 Å². The Morgan fingerprint density at radius 3 is 2.57 bits per heavy atom. The summed E-state index contributed by atoms with van der Waals surface area (Å²) in [4.78, 5) is 19.0. The van der Waals surface area contributed by atoms with Gasteiger partial charge in [-0.2, -0.15) is 0 Å². The van der Waals surface area contributed by atoms with Crippen LogP contribution in [0, 0.1) is 0 Å². The second-order valence-corrected chi connectivity index (χ2v) is 7.50. The standard InChI is InChI=1S/C22H28N4O2/c27-22(24-16-20-5-4-14-28-20)17-6-11-21(23-15-17)25-18-7-9-19(10-8-18)26-12-2-1-3-13-26/h6-11,15,20H,1-5,12-14,16H2,(H,23,25)(H,24,27). The minimum atomic E-state index is -0.111. The fraction of sp³-hybridized carbons (Fsp3) is 0.455. The van der Waals surface area contributed by atoms with Crippen molar-refractivity contribution in [3.8, 4) is 0 Å². The second-order valence-electron chi connectivity index (χ2n) is 7.50. The van der Waals surface area contributed by atoms with Gasteiger partial charge in [-0.05, 0) is 68.5 Å². The number of carbonyl (C=O) groups excluding carboxylic acids is 1. The molecule has 1 unspecified atom stereocenters. The zero-order valence-corrected chi connectivity index (χ0v) is 16.2. The molecule has 0 bridgehead atoms. The molecule has 4 rings (SSSR count). The average Bonchev–Trinajstić information content (AvgIpc) is 3.27. The summed E-state index contributed by atoms with van der Waals surface area (Å²) in [6.45, 7) is 3.64. The Morgan fingerprint density at radius 2 is 1.89 bits per heavy atom. The molecule has 6 nitrogen and oxygen atoms in total. The average molecular weight is 380 g/mol. The summed E-state index contributed by atoms with van der Waals surface area (Å²) in [5, 5.41) is 6.21. The third-order valence-electron chi connectivity index (χ3n) is 5.40. The fourth-order valence-electron chi connectivity index (χ4n) is 3.77. The maximum Gasteiger partial charge on any atom is 0.252 e. The van der Waals surface area contributed by atoms with Crippen LogP contribution in [0.15, 0.2) is 42.6 Å². The SMILES string of the molecule is O=C(NCC1CCCO1)c1ccc(Nc2ccc(N3CCCCC3)cc2)nc1. The number of nitrogens with one attached hydrogen (secondary N) is 2. The van der Waals surface area contributed by atoms with Gasteiger partial charge < -0.3 is 20.3 Å². The molecule has 3 heterocycles. The molecule has 0 saturated carbocycles. The quantitative estimate of drug-likeness (QED) is 0.799. The molecule has 2 aliphatic rings. The van der Waals surface area contributed by atoms with Gasteiger partial charge in [-0.1, -0.05) is 0 Å². The Labute approximate surface area is 166 Å². The highest BCUT2D eigenvalue weighted by molar-refractivity contribution is 5.94. The lowest BCUT2D eigenvalue weighted by molar-refractivity contribution is 0.0857. The first-order chi connectivity index (χ1) is 13.8. The van der Waals surface area contributed by atoms with Crippen molar-refractivity contribution in [2.75, 3.05) is 36.5 Å². The van der Waals surface area contributed by atoms with Gasteiger partial charge in [0.05, 0.1) is 11.7 Å². The lowest BCUT2D eigenvalue weighted by Gasteiger charge is -2.28. The Morgan fingerprint density at radius 1 is 1.07 bits per heavy atom. The Kier molecular flexibility index (Phi) is 6.07. The van der Waals surface area contributed by atoms with Crippen LogP contribution in [-0.4, -0.2) is 43.2 Å². The first kappa shape index (κ1) is 18.7. The van der Waals surface area contributed by atoms with Crippen LogP contribution >= 0.6 is 0 Å². The summed E-state index contributed by atoms with van der Waals surface area (Å²) in [7, 11) is 0. The summed E-state index contributed by atoms with van der Waals surface area (Å²) < 4.78 is 5.53. The van der Waals surface area contributed by atoms with Gasteiger partial charge in [0.15, 0.2) is 0 Å². The molecule has 0 spiro atoms. The van der Waals surface area contributed by atoms with E-state index in [1.807, 2.05) is 6.07 Å². The van der Waals surface area contributed by atoms with Gasteiger partial charge in [0.2, 0.25) is 0 Å². The molecule has 2 aliphatic heterocycles. The molecule has 0 radical (unpaired) electrons. The van der Waals surface area contributed by atoms with E-state index in [9.17, 15) is 4.79 Å². The number of aromatic nitrogens is 1. The number of pyridine rings is 1. The fourth-order valence-corrected chi connectivity index (χ4v) is 3.77. The number of nitrogens with zero attached hydrogens (tertiary/aromatic N) is 2. The minimum absolute atomic E-state index is 0.111. The first-order valence-electron chi connectivity index (χ1n) is 10.3. The number of ether oxygens (including phenoxy) is 1. The maximum absolute atomic E-state index is 12.2. The van der Waals surface area contributed by atoms with Crippen LogP contribution in [0.25, 0.3) is 0 Å². The maximum atomic E-state index is 12.2. The third kappa shape index (κ3) is 4.81. The first-order valence-corrected chi connectivity index (χ1v) is 10.3. The molecule has 1 aromatic carbocycles. The molecule has 0 aliphatic carbocycles. The van der Waals surface area contributed by atoms with Gasteiger partial charge in [-0.15, -0.1) is 0 Å². The molecule has 1 aromatic heterocycles. The lowest BCUT2D eigenvalue weighted by atomic mass is 10.1. The molecule has 1 atom stereocenters. The number of hydrogen-bond donors (Lipinski definition) is 2. The molecule has 2 aromatic rings. The van der Waals surface area contributed by atoms with E-state index < -0.39 is 0 Å². The number of benzene rings is 1. The van der Waals surface area contributed by atoms with Gasteiger partial charge in [0.1, 0.15) is 5.82 Å². The van der Waals surface area contributed by atoms with E-state index in [1.54, 1.807) is 12.3 Å². The molecular weight excluding hydrogens is 352 g/mol. The minimum Gasteiger partial charge on any atom is -0.376 e. The zero-order chi connectivity index (χ0) is 19.2. The van der Waals surface area contributed by atoms with Gasteiger partial charge in [-0.3, -0.25) is 4.79 Å².